The fraction of sp³-hybridized carbons (Fsp3) is 0.467. The Bertz CT molecular complexity index is 715. The largest absolute Gasteiger partial charge is 0.382 e. The van der Waals surface area contributed by atoms with E-state index in [2.05, 4.69) is 15.1 Å². The van der Waals surface area contributed by atoms with Crippen LogP contribution >= 0.6 is 0 Å². The molecule has 8 heteroatoms. The van der Waals surface area contributed by atoms with E-state index in [4.69, 9.17) is 15.0 Å². The third-order valence-corrected chi connectivity index (χ3v) is 3.90. The minimum atomic E-state index is -0.383. The summed E-state index contributed by atoms with van der Waals surface area (Å²) < 4.78 is 10.9. The Morgan fingerprint density at radius 1 is 1.43 bits per heavy atom. The standard InChI is InChI=1S/C15H19N5O3/c1-3-10-12(9(2)23-19-10)15(21)20-6-7-22-11(8-20)13-14(16)18-5-4-17-13/h4-5,11H,3,6-8H2,1-2H3,(H2,16,18)/t11-/m0/s1. The maximum absolute atomic E-state index is 12.8. The molecule has 0 radical (unpaired) electrons. The Kier molecular flexibility index (Phi) is 4.24. The van der Waals surface area contributed by atoms with Gasteiger partial charge < -0.3 is 19.9 Å². The predicted octanol–water partition coefficient (Wildman–Crippen LogP) is 1.13. The second kappa shape index (κ2) is 6.33. The first kappa shape index (κ1) is 15.4. The average Bonchev–Trinajstić information content (AvgIpc) is 2.95. The molecule has 1 saturated heterocycles. The van der Waals surface area contributed by atoms with E-state index in [9.17, 15) is 4.79 Å². The minimum Gasteiger partial charge on any atom is -0.382 e. The number of rotatable bonds is 3. The number of aryl methyl sites for hydroxylation is 2. The van der Waals surface area contributed by atoms with Crippen LogP contribution in [0.2, 0.25) is 0 Å². The van der Waals surface area contributed by atoms with Crippen LogP contribution in [0.25, 0.3) is 0 Å². The number of nitrogens with zero attached hydrogens (tertiary/aromatic N) is 4. The Morgan fingerprint density at radius 3 is 2.96 bits per heavy atom. The Hall–Kier alpha value is -2.48. The topological polar surface area (TPSA) is 107 Å². The zero-order valence-electron chi connectivity index (χ0n) is 13.2. The Labute approximate surface area is 133 Å². The van der Waals surface area contributed by atoms with E-state index in [-0.39, 0.29) is 12.0 Å². The van der Waals surface area contributed by atoms with Crippen molar-refractivity contribution in [2.75, 3.05) is 25.4 Å². The summed E-state index contributed by atoms with van der Waals surface area (Å²) in [5, 5.41) is 3.95. The zero-order chi connectivity index (χ0) is 16.4. The number of morpholine rings is 1. The van der Waals surface area contributed by atoms with Crippen molar-refractivity contribution in [3.63, 3.8) is 0 Å². The van der Waals surface area contributed by atoms with Gasteiger partial charge in [0.25, 0.3) is 5.91 Å². The molecular weight excluding hydrogens is 298 g/mol. The van der Waals surface area contributed by atoms with Crippen molar-refractivity contribution in [3.8, 4) is 0 Å². The number of anilines is 1. The lowest BCUT2D eigenvalue weighted by molar-refractivity contribution is -0.0245. The molecule has 1 fully saturated rings. The second-order valence-corrected chi connectivity index (χ2v) is 5.35. The van der Waals surface area contributed by atoms with Gasteiger partial charge in [0.15, 0.2) is 0 Å². The molecule has 2 N–H and O–H groups in total. The fourth-order valence-corrected chi connectivity index (χ4v) is 2.70. The maximum atomic E-state index is 12.8. The smallest absolute Gasteiger partial charge is 0.259 e. The van der Waals surface area contributed by atoms with Crippen LogP contribution in [0.4, 0.5) is 5.82 Å². The van der Waals surface area contributed by atoms with Crippen LogP contribution in [-0.2, 0) is 11.2 Å². The second-order valence-electron chi connectivity index (χ2n) is 5.35. The van der Waals surface area contributed by atoms with Gasteiger partial charge in [0.05, 0.1) is 18.8 Å². The van der Waals surface area contributed by atoms with Gasteiger partial charge in [-0.1, -0.05) is 12.1 Å². The molecule has 1 aliphatic rings. The highest BCUT2D eigenvalue weighted by molar-refractivity contribution is 5.96. The molecule has 1 aliphatic heterocycles. The highest BCUT2D eigenvalue weighted by Crippen LogP contribution is 2.26. The van der Waals surface area contributed by atoms with Crippen LogP contribution in [0.15, 0.2) is 16.9 Å². The monoisotopic (exact) mass is 317 g/mol. The molecule has 1 amide bonds. The number of carbonyl (C=O) groups excluding carboxylic acids is 1. The van der Waals surface area contributed by atoms with Gasteiger partial charge in [-0.15, -0.1) is 0 Å². The van der Waals surface area contributed by atoms with Gasteiger partial charge in [0, 0.05) is 18.9 Å². The van der Waals surface area contributed by atoms with Crippen molar-refractivity contribution in [1.82, 2.24) is 20.0 Å². The molecule has 0 aliphatic carbocycles. The van der Waals surface area contributed by atoms with Crippen molar-refractivity contribution >= 4 is 11.7 Å². The third-order valence-electron chi connectivity index (χ3n) is 3.90. The number of nitrogens with two attached hydrogens (primary N) is 1. The van der Waals surface area contributed by atoms with Gasteiger partial charge in [-0.05, 0) is 13.3 Å². The molecule has 0 aromatic carbocycles. The summed E-state index contributed by atoms with van der Waals surface area (Å²) in [5.74, 6) is 0.757. The van der Waals surface area contributed by atoms with Crippen LogP contribution in [0.5, 0.6) is 0 Å². The molecule has 23 heavy (non-hydrogen) atoms. The first-order valence-electron chi connectivity index (χ1n) is 7.54. The van der Waals surface area contributed by atoms with Crippen molar-refractivity contribution in [3.05, 3.63) is 35.1 Å². The van der Waals surface area contributed by atoms with Crippen molar-refractivity contribution in [1.29, 1.82) is 0 Å². The average molecular weight is 317 g/mol. The summed E-state index contributed by atoms with van der Waals surface area (Å²) in [6.07, 6.45) is 3.35. The molecule has 3 heterocycles. The molecule has 1 atom stereocenters. The van der Waals surface area contributed by atoms with E-state index in [1.165, 1.54) is 6.20 Å². The quantitative estimate of drug-likeness (QED) is 0.904. The van der Waals surface area contributed by atoms with Gasteiger partial charge in [0.1, 0.15) is 28.9 Å². The molecule has 0 unspecified atom stereocenters. The number of hydrogen-bond donors (Lipinski definition) is 1. The molecule has 122 valence electrons. The molecule has 3 rings (SSSR count). The first-order valence-corrected chi connectivity index (χ1v) is 7.54. The van der Waals surface area contributed by atoms with Crippen LogP contribution in [0.3, 0.4) is 0 Å². The summed E-state index contributed by atoms with van der Waals surface area (Å²) in [7, 11) is 0. The van der Waals surface area contributed by atoms with Gasteiger partial charge in [-0.2, -0.15) is 0 Å². The van der Waals surface area contributed by atoms with Crippen molar-refractivity contribution in [2.24, 2.45) is 0 Å². The third kappa shape index (κ3) is 2.89. The van der Waals surface area contributed by atoms with Crippen LogP contribution in [-0.4, -0.2) is 45.6 Å². The molecule has 0 bridgehead atoms. The number of ether oxygens (including phenoxy) is 1. The lowest BCUT2D eigenvalue weighted by Gasteiger charge is -2.32. The van der Waals surface area contributed by atoms with Crippen LogP contribution in [0.1, 0.15) is 40.5 Å². The number of hydrogen-bond acceptors (Lipinski definition) is 7. The highest BCUT2D eigenvalue weighted by atomic mass is 16.5. The van der Waals surface area contributed by atoms with E-state index < -0.39 is 0 Å². The molecular formula is C15H19N5O3. The van der Waals surface area contributed by atoms with E-state index in [0.717, 1.165) is 0 Å². The summed E-state index contributed by atoms with van der Waals surface area (Å²) >= 11 is 0. The number of amides is 1. The zero-order valence-corrected chi connectivity index (χ0v) is 13.2. The lowest BCUT2D eigenvalue weighted by Crippen LogP contribution is -2.43. The van der Waals surface area contributed by atoms with Crippen molar-refractivity contribution in [2.45, 2.75) is 26.4 Å². The minimum absolute atomic E-state index is 0.101. The maximum Gasteiger partial charge on any atom is 0.259 e. The summed E-state index contributed by atoms with van der Waals surface area (Å²) in [6, 6.07) is 0. The van der Waals surface area contributed by atoms with Crippen molar-refractivity contribution < 1.29 is 14.1 Å². The number of carbonyl (C=O) groups is 1. The SMILES string of the molecule is CCc1noc(C)c1C(=O)N1CCO[C@H](c2nccnc2N)C1. The molecule has 2 aromatic heterocycles. The normalized spacial score (nSPS) is 18.2. The number of aromatic nitrogens is 3. The van der Waals surface area contributed by atoms with Gasteiger partial charge >= 0.3 is 0 Å². The summed E-state index contributed by atoms with van der Waals surface area (Å²) in [5.41, 5.74) is 7.63. The fourth-order valence-electron chi connectivity index (χ4n) is 2.70. The van der Waals surface area contributed by atoms with E-state index in [1.54, 1.807) is 18.0 Å². The summed E-state index contributed by atoms with van der Waals surface area (Å²) in [4.78, 5) is 22.8. The molecule has 2 aromatic rings. The number of nitrogen functional groups attached to an aromatic ring is 1. The Balaban J connectivity index is 1.82. The lowest BCUT2D eigenvalue weighted by atomic mass is 10.1. The van der Waals surface area contributed by atoms with E-state index >= 15 is 0 Å². The van der Waals surface area contributed by atoms with Gasteiger partial charge in [-0.25, -0.2) is 4.98 Å². The summed E-state index contributed by atoms with van der Waals surface area (Å²) in [6.45, 7) is 4.98. The molecule has 0 saturated carbocycles. The molecule has 8 nitrogen and oxygen atoms in total. The predicted molar refractivity (Wildman–Crippen MR) is 81.7 cm³/mol. The Morgan fingerprint density at radius 2 is 2.22 bits per heavy atom. The van der Waals surface area contributed by atoms with Gasteiger partial charge in [0.2, 0.25) is 0 Å². The van der Waals surface area contributed by atoms with E-state index in [1.807, 2.05) is 6.92 Å². The van der Waals surface area contributed by atoms with Gasteiger partial charge in [-0.3, -0.25) is 9.78 Å². The van der Waals surface area contributed by atoms with E-state index in [0.29, 0.717) is 54.6 Å². The van der Waals surface area contributed by atoms with Crippen LogP contribution < -0.4 is 5.73 Å². The molecule has 0 spiro atoms. The highest BCUT2D eigenvalue weighted by Gasteiger charge is 2.31. The van der Waals surface area contributed by atoms with Crippen LogP contribution in [0, 0.1) is 6.92 Å². The first-order chi connectivity index (χ1) is 11.1.